The van der Waals surface area contributed by atoms with Crippen molar-refractivity contribution in [1.82, 2.24) is 15.5 Å². The van der Waals surface area contributed by atoms with Gasteiger partial charge in [-0.3, -0.25) is 0 Å². The van der Waals surface area contributed by atoms with Crippen LogP contribution < -0.4 is 15.4 Å². The summed E-state index contributed by atoms with van der Waals surface area (Å²) in [6.45, 7) is -2.80. The van der Waals surface area contributed by atoms with Crippen molar-refractivity contribution >= 4 is 23.5 Å². The van der Waals surface area contributed by atoms with Gasteiger partial charge in [0.05, 0.1) is 12.3 Å². The Kier molecular flexibility index (Phi) is 6.15. The smallest absolute Gasteiger partial charge is 0.387 e. The van der Waals surface area contributed by atoms with Crippen LogP contribution in [-0.4, -0.2) is 29.0 Å². The second kappa shape index (κ2) is 8.32. The minimum absolute atomic E-state index is 0.0122. The van der Waals surface area contributed by atoms with Crippen LogP contribution in [0.2, 0.25) is 0 Å². The third-order valence-corrected chi connectivity index (χ3v) is 3.07. The molecule has 124 valence electrons. The highest BCUT2D eigenvalue weighted by Crippen LogP contribution is 2.17. The van der Waals surface area contributed by atoms with E-state index >= 15 is 0 Å². The topological polar surface area (TPSA) is 89.3 Å². The minimum Gasteiger partial charge on any atom is -0.435 e. The Hall–Kier alpha value is -2.36. The molecule has 0 aliphatic carbocycles. The molecule has 0 aliphatic rings. The fourth-order valence-corrected chi connectivity index (χ4v) is 1.98. The first kappa shape index (κ1) is 17.0. The van der Waals surface area contributed by atoms with Crippen molar-refractivity contribution in [3.8, 4) is 5.75 Å². The lowest BCUT2D eigenvalue weighted by atomic mass is 10.3. The monoisotopic (exact) mass is 344 g/mol. The summed E-state index contributed by atoms with van der Waals surface area (Å²) in [6.07, 6.45) is 1.92. The van der Waals surface area contributed by atoms with Crippen LogP contribution in [0, 0.1) is 0 Å². The zero-order chi connectivity index (χ0) is 16.7. The lowest BCUT2D eigenvalue weighted by Crippen LogP contribution is -2.28. The third kappa shape index (κ3) is 5.74. The van der Waals surface area contributed by atoms with E-state index in [9.17, 15) is 13.6 Å². The number of carbonyl (C=O) groups excluding carboxylic acids is 1. The number of hydrogen-bond donors (Lipinski definition) is 2. The van der Waals surface area contributed by atoms with E-state index in [1.54, 1.807) is 11.8 Å². The molecule has 23 heavy (non-hydrogen) atoms. The molecule has 1 aromatic heterocycles. The molecule has 0 radical (unpaired) electrons. The van der Waals surface area contributed by atoms with E-state index in [0.717, 1.165) is 0 Å². The second-order valence-corrected chi connectivity index (χ2v) is 5.11. The highest BCUT2D eigenvalue weighted by atomic mass is 32.2. The van der Waals surface area contributed by atoms with E-state index < -0.39 is 12.6 Å². The molecular weight excluding hydrogens is 330 g/mol. The van der Waals surface area contributed by atoms with Crippen molar-refractivity contribution in [1.29, 1.82) is 0 Å². The van der Waals surface area contributed by atoms with Crippen LogP contribution in [0.15, 0.2) is 28.8 Å². The number of nitrogens with zero attached hydrogens (tertiary/aromatic N) is 2. The number of alkyl halides is 2. The Morgan fingerprint density at radius 2 is 2.13 bits per heavy atom. The Morgan fingerprint density at radius 3 is 2.78 bits per heavy atom. The molecule has 2 aromatic rings. The fraction of sp³-hybridized carbons (Fsp3) is 0.308. The maximum atomic E-state index is 12.0. The molecule has 2 N–H and O–H groups in total. The van der Waals surface area contributed by atoms with Crippen molar-refractivity contribution in [2.24, 2.45) is 0 Å². The number of hydrogen-bond acceptors (Lipinski definition) is 6. The highest BCUT2D eigenvalue weighted by molar-refractivity contribution is 7.97. The molecule has 0 unspecified atom stereocenters. The van der Waals surface area contributed by atoms with E-state index in [4.69, 9.17) is 4.52 Å². The number of rotatable bonds is 7. The van der Waals surface area contributed by atoms with Gasteiger partial charge in [-0.15, -0.1) is 0 Å². The van der Waals surface area contributed by atoms with Gasteiger partial charge in [-0.25, -0.2) is 4.79 Å². The van der Waals surface area contributed by atoms with E-state index in [1.165, 1.54) is 24.3 Å². The minimum atomic E-state index is -2.89. The standard InChI is InChI=1S/C13H14F2N4O3S/c1-23-7-10-18-11(22-19-10)6-16-13(20)17-8-2-4-9(5-3-8)21-12(14)15/h2-5,12H,6-7H2,1H3,(H2,16,17,20). The zero-order valence-electron chi connectivity index (χ0n) is 12.1. The Bertz CT molecular complexity index is 636. The number of aromatic nitrogens is 2. The van der Waals surface area contributed by atoms with Gasteiger partial charge in [-0.05, 0) is 30.5 Å². The first-order chi connectivity index (χ1) is 11.1. The van der Waals surface area contributed by atoms with E-state index in [1.807, 2.05) is 6.26 Å². The van der Waals surface area contributed by atoms with Gasteiger partial charge in [0.2, 0.25) is 5.89 Å². The Labute approximate surface area is 134 Å². The number of urea groups is 1. The van der Waals surface area contributed by atoms with Crippen LogP contribution in [0.4, 0.5) is 19.3 Å². The van der Waals surface area contributed by atoms with E-state index in [-0.39, 0.29) is 12.3 Å². The van der Waals surface area contributed by atoms with Crippen molar-refractivity contribution < 1.29 is 22.8 Å². The number of benzene rings is 1. The number of ether oxygens (including phenoxy) is 1. The van der Waals surface area contributed by atoms with Crippen LogP contribution in [0.1, 0.15) is 11.7 Å². The predicted molar refractivity (Wildman–Crippen MR) is 80.4 cm³/mol. The zero-order valence-corrected chi connectivity index (χ0v) is 12.9. The molecule has 1 aromatic carbocycles. The van der Waals surface area contributed by atoms with Crippen molar-refractivity contribution in [3.05, 3.63) is 36.0 Å². The second-order valence-electron chi connectivity index (χ2n) is 4.25. The average molecular weight is 344 g/mol. The Balaban J connectivity index is 1.79. The van der Waals surface area contributed by atoms with Gasteiger partial charge in [-0.2, -0.15) is 25.5 Å². The summed E-state index contributed by atoms with van der Waals surface area (Å²) in [6, 6.07) is 5.06. The lowest BCUT2D eigenvalue weighted by Gasteiger charge is -2.07. The molecule has 2 amide bonds. The molecule has 0 spiro atoms. The molecule has 0 aliphatic heterocycles. The number of nitrogens with one attached hydrogen (secondary N) is 2. The number of thioether (sulfide) groups is 1. The number of carbonyl (C=O) groups is 1. The summed E-state index contributed by atoms with van der Waals surface area (Å²) in [5.74, 6) is 1.50. The first-order valence-corrected chi connectivity index (χ1v) is 7.86. The summed E-state index contributed by atoms with van der Waals surface area (Å²) < 4.78 is 33.2. The average Bonchev–Trinajstić information content (AvgIpc) is 2.95. The van der Waals surface area contributed by atoms with Gasteiger partial charge in [-0.1, -0.05) is 5.16 Å². The summed E-state index contributed by atoms with van der Waals surface area (Å²) >= 11 is 1.56. The summed E-state index contributed by atoms with van der Waals surface area (Å²) in [5.41, 5.74) is 0.428. The summed E-state index contributed by atoms with van der Waals surface area (Å²) in [7, 11) is 0. The molecule has 0 fully saturated rings. The maximum absolute atomic E-state index is 12.0. The predicted octanol–water partition coefficient (Wildman–Crippen LogP) is 2.86. The SMILES string of the molecule is CSCc1noc(CNC(=O)Nc2ccc(OC(F)F)cc2)n1. The molecule has 0 saturated carbocycles. The summed E-state index contributed by atoms with van der Waals surface area (Å²) in [5, 5.41) is 8.83. The molecule has 7 nitrogen and oxygen atoms in total. The van der Waals surface area contributed by atoms with Crippen molar-refractivity contribution in [2.75, 3.05) is 11.6 Å². The van der Waals surface area contributed by atoms with Crippen LogP contribution >= 0.6 is 11.8 Å². The summed E-state index contributed by atoms with van der Waals surface area (Å²) in [4.78, 5) is 15.8. The van der Waals surface area contributed by atoms with Crippen molar-refractivity contribution in [3.63, 3.8) is 0 Å². The molecule has 2 rings (SSSR count). The van der Waals surface area contributed by atoms with Crippen LogP contribution in [0.5, 0.6) is 5.75 Å². The molecular formula is C13H14F2N4O3S. The number of halogens is 2. The van der Waals surface area contributed by atoms with Gasteiger partial charge < -0.3 is 19.9 Å². The first-order valence-electron chi connectivity index (χ1n) is 6.47. The molecule has 0 saturated heterocycles. The van der Waals surface area contributed by atoms with Gasteiger partial charge in [0.1, 0.15) is 5.75 Å². The lowest BCUT2D eigenvalue weighted by molar-refractivity contribution is -0.0498. The van der Waals surface area contributed by atoms with Gasteiger partial charge in [0.15, 0.2) is 5.82 Å². The van der Waals surface area contributed by atoms with Gasteiger partial charge >= 0.3 is 12.6 Å². The number of anilines is 1. The molecule has 0 atom stereocenters. The molecule has 0 bridgehead atoms. The highest BCUT2D eigenvalue weighted by Gasteiger charge is 2.08. The largest absolute Gasteiger partial charge is 0.435 e. The number of amides is 2. The van der Waals surface area contributed by atoms with Crippen molar-refractivity contribution in [2.45, 2.75) is 18.9 Å². The quantitative estimate of drug-likeness (QED) is 0.803. The fourth-order valence-electron chi connectivity index (χ4n) is 1.60. The van der Waals surface area contributed by atoms with E-state index in [2.05, 4.69) is 25.5 Å². The Morgan fingerprint density at radius 1 is 1.39 bits per heavy atom. The van der Waals surface area contributed by atoms with Crippen LogP contribution in [0.25, 0.3) is 0 Å². The van der Waals surface area contributed by atoms with Gasteiger partial charge in [0, 0.05) is 5.69 Å². The molecule has 10 heteroatoms. The maximum Gasteiger partial charge on any atom is 0.387 e. The molecule has 1 heterocycles. The van der Waals surface area contributed by atoms with Gasteiger partial charge in [0.25, 0.3) is 0 Å². The van der Waals surface area contributed by atoms with E-state index in [0.29, 0.717) is 23.2 Å². The van der Waals surface area contributed by atoms with Crippen LogP contribution in [0.3, 0.4) is 0 Å². The van der Waals surface area contributed by atoms with Crippen LogP contribution in [-0.2, 0) is 12.3 Å². The normalized spacial score (nSPS) is 10.6. The third-order valence-electron chi connectivity index (χ3n) is 2.52.